The highest BCUT2D eigenvalue weighted by Crippen LogP contribution is 2.13. The molecule has 2 aromatic carbocycles. The van der Waals surface area contributed by atoms with Crippen LogP contribution in [0.5, 0.6) is 0 Å². The molecule has 0 radical (unpaired) electrons. The Hall–Kier alpha value is -4.43. The van der Waals surface area contributed by atoms with Gasteiger partial charge in [-0.05, 0) is 67.2 Å². The molecule has 0 bridgehead atoms. The van der Waals surface area contributed by atoms with E-state index in [9.17, 15) is 33.9 Å². The predicted molar refractivity (Wildman–Crippen MR) is 206 cm³/mol. The Labute approximate surface area is 317 Å². The van der Waals surface area contributed by atoms with Gasteiger partial charge in [0.15, 0.2) is 0 Å². The Morgan fingerprint density at radius 2 is 1.23 bits per heavy atom. The molecule has 1 saturated heterocycles. The molecule has 290 valence electrons. The van der Waals surface area contributed by atoms with Crippen molar-refractivity contribution < 1.29 is 33.9 Å². The van der Waals surface area contributed by atoms with Crippen molar-refractivity contribution in [2.75, 3.05) is 18.6 Å². The molecule has 0 spiro atoms. The third-order valence-electron chi connectivity index (χ3n) is 9.02. The fourth-order valence-corrected chi connectivity index (χ4v) is 6.56. The van der Waals surface area contributed by atoms with Crippen LogP contribution in [0.15, 0.2) is 60.7 Å². The fourth-order valence-electron chi connectivity index (χ4n) is 6.09. The highest BCUT2D eigenvalue weighted by atomic mass is 32.2. The number of carbonyl (C=O) groups is 6. The summed E-state index contributed by atoms with van der Waals surface area (Å²) in [5.74, 6) is -3.78. The van der Waals surface area contributed by atoms with Gasteiger partial charge in [-0.25, -0.2) is 4.79 Å². The number of hydrogen-bond acceptors (Lipinski definition) is 8. The zero-order valence-electron chi connectivity index (χ0n) is 31.4. The molecule has 3 rings (SSSR count). The zero-order valence-corrected chi connectivity index (χ0v) is 32.2. The molecule has 1 aliphatic rings. The molecule has 6 atom stereocenters. The van der Waals surface area contributed by atoms with E-state index in [1.54, 1.807) is 26.0 Å². The van der Waals surface area contributed by atoms with Crippen LogP contribution in [0.2, 0.25) is 0 Å². The molecule has 2 aromatic rings. The average molecular weight is 753 g/mol. The first-order valence-corrected chi connectivity index (χ1v) is 19.7. The Bertz CT molecular complexity index is 1500. The number of nitrogens with one attached hydrogen (secondary N) is 6. The maximum Gasteiger partial charge on any atom is 0.326 e. The minimum atomic E-state index is -1.17. The van der Waals surface area contributed by atoms with Gasteiger partial charge in [0.25, 0.3) is 0 Å². The Morgan fingerprint density at radius 3 is 1.72 bits per heavy atom. The van der Waals surface area contributed by atoms with E-state index in [1.165, 1.54) is 11.8 Å². The van der Waals surface area contributed by atoms with Gasteiger partial charge in [-0.1, -0.05) is 88.4 Å². The topological polar surface area (TPSA) is 195 Å². The minimum absolute atomic E-state index is 0.0306. The van der Waals surface area contributed by atoms with E-state index in [4.69, 9.17) is 0 Å². The van der Waals surface area contributed by atoms with Crippen LogP contribution in [0, 0.1) is 11.8 Å². The third-order valence-corrected chi connectivity index (χ3v) is 9.66. The monoisotopic (exact) mass is 752 g/mol. The number of aliphatic carboxylic acids is 1. The lowest BCUT2D eigenvalue weighted by molar-refractivity contribution is -0.142. The molecular formula is C39H56N6O7S. The number of carbonyl (C=O) groups excluding carboxylic acids is 5. The van der Waals surface area contributed by atoms with Crippen molar-refractivity contribution in [3.05, 3.63) is 71.8 Å². The van der Waals surface area contributed by atoms with Gasteiger partial charge in [0.05, 0.1) is 6.04 Å². The first-order valence-electron chi connectivity index (χ1n) is 18.3. The van der Waals surface area contributed by atoms with Gasteiger partial charge < -0.3 is 37.0 Å². The minimum Gasteiger partial charge on any atom is -0.480 e. The average Bonchev–Trinajstić information content (AvgIpc) is 3.67. The number of carboxylic acid groups (broad SMARTS) is 1. The first-order chi connectivity index (χ1) is 25.3. The van der Waals surface area contributed by atoms with E-state index < -0.39 is 71.8 Å². The number of carboxylic acids is 1. The molecule has 0 aliphatic carbocycles. The summed E-state index contributed by atoms with van der Waals surface area (Å²) in [5.41, 5.74) is 1.58. The van der Waals surface area contributed by atoms with Gasteiger partial charge in [0.1, 0.15) is 30.2 Å². The van der Waals surface area contributed by atoms with Crippen molar-refractivity contribution in [1.82, 2.24) is 31.9 Å². The highest BCUT2D eigenvalue weighted by Gasteiger charge is 2.35. The Kier molecular flexibility index (Phi) is 17.8. The van der Waals surface area contributed by atoms with Crippen LogP contribution in [0.1, 0.15) is 64.5 Å². The SMILES string of the molecule is CSCC[C@@H](NC(=O)[C@@H](CC(C)C)NC(=O)[C@@H](Cc1ccccc1)NC(=O)[C@H](NC(=O)[C@@H](Cc1ccccc1)NC(=O)[C@H]1CCCN1)C(C)C)C(=O)O. The van der Waals surface area contributed by atoms with Crippen LogP contribution >= 0.6 is 11.8 Å². The van der Waals surface area contributed by atoms with Crippen LogP contribution in [0.25, 0.3) is 0 Å². The van der Waals surface area contributed by atoms with Crippen LogP contribution in [-0.2, 0) is 41.6 Å². The lowest BCUT2D eigenvalue weighted by Gasteiger charge is -2.29. The van der Waals surface area contributed by atoms with Crippen molar-refractivity contribution in [3.8, 4) is 0 Å². The standard InChI is InChI=1S/C39H56N6O7S/c1-24(2)21-30(35(47)41-29(39(51)52)18-20-53-5)42-36(48)31(22-26-13-8-6-9-14-26)44-38(50)33(25(3)4)45-37(49)32(23-27-15-10-7-11-16-27)43-34(46)28-17-12-19-40-28/h6-11,13-16,24-25,28-33,40H,12,17-23H2,1-5H3,(H,41,47)(H,42,48)(H,43,46)(H,44,50)(H,45,49)(H,51,52)/t28-,29-,30-,31-,32-,33-/m1/s1. The zero-order chi connectivity index (χ0) is 38.9. The van der Waals surface area contributed by atoms with E-state index in [0.717, 1.165) is 17.5 Å². The van der Waals surface area contributed by atoms with Gasteiger partial charge in [0, 0.05) is 12.8 Å². The molecular weight excluding hydrogens is 697 g/mol. The van der Waals surface area contributed by atoms with Gasteiger partial charge in [-0.2, -0.15) is 11.8 Å². The van der Waals surface area contributed by atoms with Crippen LogP contribution in [0.4, 0.5) is 0 Å². The van der Waals surface area contributed by atoms with Crippen molar-refractivity contribution in [2.24, 2.45) is 11.8 Å². The van der Waals surface area contributed by atoms with E-state index in [2.05, 4.69) is 31.9 Å². The first kappa shape index (κ1) is 43.0. The molecule has 1 heterocycles. The fraction of sp³-hybridized carbons (Fsp3) is 0.538. The van der Waals surface area contributed by atoms with E-state index in [1.807, 2.05) is 68.6 Å². The highest BCUT2D eigenvalue weighted by molar-refractivity contribution is 7.98. The summed E-state index contributed by atoms with van der Waals surface area (Å²) in [6.45, 7) is 8.01. The maximum atomic E-state index is 14.0. The summed E-state index contributed by atoms with van der Waals surface area (Å²) in [6.07, 6.45) is 4.08. The summed E-state index contributed by atoms with van der Waals surface area (Å²) in [4.78, 5) is 80.2. The number of benzene rings is 2. The maximum absolute atomic E-state index is 14.0. The van der Waals surface area contributed by atoms with Crippen molar-refractivity contribution in [2.45, 2.75) is 102 Å². The largest absolute Gasteiger partial charge is 0.480 e. The normalized spacial score (nSPS) is 16.8. The molecule has 0 saturated carbocycles. The van der Waals surface area contributed by atoms with Crippen LogP contribution in [0.3, 0.4) is 0 Å². The lowest BCUT2D eigenvalue weighted by atomic mass is 9.98. The molecule has 53 heavy (non-hydrogen) atoms. The summed E-state index contributed by atoms with van der Waals surface area (Å²) in [5, 5.41) is 26.7. The molecule has 14 heteroatoms. The van der Waals surface area contributed by atoms with E-state index in [0.29, 0.717) is 18.7 Å². The molecule has 0 aromatic heterocycles. The second-order valence-corrected chi connectivity index (χ2v) is 15.2. The van der Waals surface area contributed by atoms with Gasteiger partial charge in [-0.3, -0.25) is 24.0 Å². The van der Waals surface area contributed by atoms with Crippen LogP contribution in [-0.4, -0.2) is 95.4 Å². The Balaban J connectivity index is 1.83. The molecule has 5 amide bonds. The number of hydrogen-bond donors (Lipinski definition) is 7. The quantitative estimate of drug-likeness (QED) is 0.100. The van der Waals surface area contributed by atoms with E-state index in [-0.39, 0.29) is 37.5 Å². The summed E-state index contributed by atoms with van der Waals surface area (Å²) in [7, 11) is 0. The summed E-state index contributed by atoms with van der Waals surface area (Å²) >= 11 is 1.46. The molecule has 0 unspecified atom stereocenters. The van der Waals surface area contributed by atoms with Gasteiger partial charge in [0.2, 0.25) is 29.5 Å². The smallest absolute Gasteiger partial charge is 0.326 e. The number of thioether (sulfide) groups is 1. The second-order valence-electron chi connectivity index (χ2n) is 14.3. The van der Waals surface area contributed by atoms with Crippen molar-refractivity contribution in [3.63, 3.8) is 0 Å². The number of amides is 5. The molecule has 1 aliphatic heterocycles. The molecule has 13 nitrogen and oxygen atoms in total. The summed E-state index contributed by atoms with van der Waals surface area (Å²) in [6, 6.07) is 12.5. The van der Waals surface area contributed by atoms with Crippen LogP contribution < -0.4 is 31.9 Å². The van der Waals surface area contributed by atoms with E-state index >= 15 is 0 Å². The summed E-state index contributed by atoms with van der Waals surface area (Å²) < 4.78 is 0. The van der Waals surface area contributed by atoms with Crippen molar-refractivity contribution >= 4 is 47.3 Å². The van der Waals surface area contributed by atoms with Gasteiger partial charge >= 0.3 is 5.97 Å². The predicted octanol–water partition coefficient (Wildman–Crippen LogP) is 2.19. The lowest BCUT2D eigenvalue weighted by Crippen LogP contribution is -2.61. The Morgan fingerprint density at radius 1 is 0.717 bits per heavy atom. The van der Waals surface area contributed by atoms with Gasteiger partial charge in [-0.15, -0.1) is 0 Å². The second kappa shape index (κ2) is 21.9. The van der Waals surface area contributed by atoms with Crippen molar-refractivity contribution in [1.29, 1.82) is 0 Å². The molecule has 7 N–H and O–H groups in total. The molecule has 1 fully saturated rings. The third kappa shape index (κ3) is 14.5. The number of rotatable bonds is 21.